The van der Waals surface area contributed by atoms with Crippen molar-refractivity contribution in [3.05, 3.63) is 0 Å². The predicted octanol–water partition coefficient (Wildman–Crippen LogP) is -3.86. The van der Waals surface area contributed by atoms with Crippen LogP contribution in [0.5, 0.6) is 0 Å². The number of carboxylic acids is 1. The molecule has 10 nitrogen and oxygen atoms in total. The van der Waals surface area contributed by atoms with Gasteiger partial charge in [0.1, 0.15) is 12.6 Å². The van der Waals surface area contributed by atoms with Crippen LogP contribution in [0.15, 0.2) is 0 Å². The van der Waals surface area contributed by atoms with Gasteiger partial charge >= 0.3 is 47.2 Å². The number of hydrogen-bond donors (Lipinski definition) is 3. The first kappa shape index (κ1) is 21.1. The van der Waals surface area contributed by atoms with Crippen molar-refractivity contribution in [2.45, 2.75) is 62.3 Å². The zero-order valence-corrected chi connectivity index (χ0v) is 16.7. The van der Waals surface area contributed by atoms with E-state index in [9.17, 15) is 24.3 Å². The molecular weight excluding hydrogens is 357 g/mol. The van der Waals surface area contributed by atoms with Crippen LogP contribution < -0.4 is 40.6 Å². The molecule has 26 heavy (non-hydrogen) atoms. The van der Waals surface area contributed by atoms with E-state index in [0.717, 1.165) is 19.3 Å². The third kappa shape index (κ3) is 3.61. The number of nitrogens with two attached hydrogens (primary N) is 1. The first-order valence-corrected chi connectivity index (χ1v) is 8.31. The number of nitrogens with zero attached hydrogens (tertiary/aromatic N) is 1. The third-order valence-corrected chi connectivity index (χ3v) is 4.98. The van der Waals surface area contributed by atoms with Gasteiger partial charge in [-0.05, 0) is 12.8 Å². The van der Waals surface area contributed by atoms with Crippen molar-refractivity contribution in [2.75, 3.05) is 6.61 Å². The maximum absolute atomic E-state index is 12.5. The van der Waals surface area contributed by atoms with E-state index in [-0.39, 0.29) is 50.4 Å². The molecule has 140 valence electrons. The van der Waals surface area contributed by atoms with Gasteiger partial charge in [-0.2, -0.15) is 5.06 Å². The molecule has 3 rings (SSSR count). The van der Waals surface area contributed by atoms with Crippen LogP contribution in [0.1, 0.15) is 46.4 Å². The molecule has 3 aliphatic rings. The fourth-order valence-electron chi connectivity index (χ4n) is 3.47. The predicted molar refractivity (Wildman–Crippen MR) is 81.5 cm³/mol. The number of carbonyl (C=O) groups is 4. The Morgan fingerprint density at radius 1 is 1.23 bits per heavy atom. The molecule has 0 spiro atoms. The van der Waals surface area contributed by atoms with Gasteiger partial charge in [0.2, 0.25) is 5.91 Å². The molecule has 2 atom stereocenters. The molecule has 0 aromatic carbocycles. The molecule has 0 bridgehead atoms. The first-order valence-electron chi connectivity index (χ1n) is 8.31. The van der Waals surface area contributed by atoms with E-state index < -0.39 is 41.1 Å². The normalized spacial score (nSPS) is 30.5. The number of hydroxylamine groups is 2. The first-order chi connectivity index (χ1) is 11.8. The Bertz CT molecular complexity index is 629. The summed E-state index contributed by atoms with van der Waals surface area (Å²) in [6.45, 7) is -0.243. The van der Waals surface area contributed by atoms with Gasteiger partial charge in [-0.1, -0.05) is 19.3 Å². The summed E-state index contributed by atoms with van der Waals surface area (Å²) in [5.74, 6) is -3.45. The van der Waals surface area contributed by atoms with Gasteiger partial charge in [0.05, 0.1) is 12.0 Å². The zero-order valence-electron chi connectivity index (χ0n) is 15.7. The molecule has 4 N–H and O–H groups in total. The van der Waals surface area contributed by atoms with E-state index in [4.69, 9.17) is 15.3 Å². The smallest absolute Gasteiger partial charge is 1.00 e. The van der Waals surface area contributed by atoms with Crippen molar-refractivity contribution in [3.8, 4) is 0 Å². The average molecular weight is 379 g/mol. The number of nitrogens with one attached hydrogen (secondary N) is 1. The molecule has 1 aliphatic carbocycles. The minimum Gasteiger partial charge on any atom is -1.00 e. The fraction of sp³-hybridized carbons (Fsp3) is 0.733. The Labute approximate surface area is 173 Å². The van der Waals surface area contributed by atoms with Crippen LogP contribution in [0, 0.1) is 0 Å². The quantitative estimate of drug-likeness (QED) is 0.332. The molecule has 1 saturated carbocycles. The number of aliphatic carboxylic acids is 1. The monoisotopic (exact) mass is 379 g/mol. The Hall–Kier alpha value is -1.20. The van der Waals surface area contributed by atoms with Gasteiger partial charge in [-0.3, -0.25) is 19.2 Å². The third-order valence-electron chi connectivity index (χ3n) is 4.98. The number of carboxylic acid groups (broad SMARTS) is 1. The van der Waals surface area contributed by atoms with Gasteiger partial charge in [0, 0.05) is 6.42 Å². The molecule has 1 unspecified atom stereocenters. The van der Waals surface area contributed by atoms with Crippen molar-refractivity contribution in [2.24, 2.45) is 5.73 Å². The van der Waals surface area contributed by atoms with E-state index in [1.165, 1.54) is 0 Å². The molecule has 3 fully saturated rings. The van der Waals surface area contributed by atoms with Crippen molar-refractivity contribution in [1.29, 1.82) is 0 Å². The second-order valence-corrected chi connectivity index (χ2v) is 6.73. The van der Waals surface area contributed by atoms with Gasteiger partial charge in [-0.15, -0.1) is 0 Å². The number of rotatable bonds is 4. The molecule has 0 aromatic heterocycles. The summed E-state index contributed by atoms with van der Waals surface area (Å²) in [5.41, 5.74) is 2.92. The number of esters is 1. The Kier molecular flexibility index (Phi) is 6.34. The Balaban J connectivity index is 0.00000182. The molecule has 2 amide bonds. The average Bonchev–Trinajstić information content (AvgIpc) is 3.13. The molecule has 0 aromatic rings. The summed E-state index contributed by atoms with van der Waals surface area (Å²) >= 11 is 0. The Morgan fingerprint density at radius 3 is 2.42 bits per heavy atom. The van der Waals surface area contributed by atoms with Crippen LogP contribution in [0.25, 0.3) is 0 Å². The van der Waals surface area contributed by atoms with Gasteiger partial charge < -0.3 is 22.3 Å². The summed E-state index contributed by atoms with van der Waals surface area (Å²) in [7, 11) is 0. The van der Waals surface area contributed by atoms with Crippen LogP contribution in [0.3, 0.4) is 0 Å². The van der Waals surface area contributed by atoms with Crippen molar-refractivity contribution < 1.29 is 64.8 Å². The molecule has 0 radical (unpaired) electrons. The van der Waals surface area contributed by atoms with E-state index in [1.54, 1.807) is 0 Å². The largest absolute Gasteiger partial charge is 1.00 e. The number of carbonyl (C=O) groups excluding carboxylic acids is 3. The maximum Gasteiger partial charge on any atom is 1.00 e. The summed E-state index contributed by atoms with van der Waals surface area (Å²) in [6, 6.07) is -1.06. The van der Waals surface area contributed by atoms with Gasteiger partial charge in [0.25, 0.3) is 5.91 Å². The van der Waals surface area contributed by atoms with Gasteiger partial charge in [0.15, 0.2) is 0 Å². The molecule has 2 aliphatic heterocycles. The topological polar surface area (TPSA) is 148 Å². The van der Waals surface area contributed by atoms with Crippen molar-refractivity contribution >= 4 is 23.8 Å². The van der Waals surface area contributed by atoms with Crippen molar-refractivity contribution in [1.82, 2.24) is 10.4 Å². The van der Waals surface area contributed by atoms with Crippen LogP contribution in [-0.4, -0.2) is 57.8 Å². The molecular formula is C15H22N3NaO7. The van der Waals surface area contributed by atoms with Gasteiger partial charge in [-0.25, -0.2) is 4.79 Å². The molecule has 11 heteroatoms. The van der Waals surface area contributed by atoms with Crippen LogP contribution >= 0.6 is 0 Å². The summed E-state index contributed by atoms with van der Waals surface area (Å²) in [6.07, 6.45) is 3.39. The summed E-state index contributed by atoms with van der Waals surface area (Å²) in [4.78, 5) is 53.1. The minimum atomic E-state index is -2.18. The second-order valence-electron chi connectivity index (χ2n) is 6.73. The SMILES string of the molecule is NC1(C(=O)N[C@H]2CON(C3(C(=O)O)CCC(=O)O3)C2=O)CCCCC1.[H-].[Na+]. The Morgan fingerprint density at radius 2 is 1.88 bits per heavy atom. The maximum atomic E-state index is 12.5. The molecule has 2 saturated heterocycles. The standard InChI is InChI=1S/C15H21N3O7.Na.H/c16-14(5-2-1-3-6-14)12(21)17-9-8-24-18(11(9)20)15(13(22)23)7-4-10(19)25-15;;/h9H,1-8,16H2,(H,17,21)(H,22,23);;/q;+1;-1/t9-,15?;;/m0../s1. The van der Waals surface area contributed by atoms with E-state index >= 15 is 0 Å². The van der Waals surface area contributed by atoms with Crippen LogP contribution in [-0.2, 0) is 28.8 Å². The summed E-state index contributed by atoms with van der Waals surface area (Å²) in [5, 5.41) is 12.5. The zero-order chi connectivity index (χ0) is 18.2. The number of cyclic esters (lactones) is 1. The minimum absolute atomic E-state index is 0. The molecule has 2 heterocycles. The van der Waals surface area contributed by atoms with Crippen molar-refractivity contribution in [3.63, 3.8) is 0 Å². The van der Waals surface area contributed by atoms with E-state index in [1.807, 2.05) is 0 Å². The second kappa shape index (κ2) is 7.81. The number of amides is 2. The fourth-order valence-corrected chi connectivity index (χ4v) is 3.47. The summed E-state index contributed by atoms with van der Waals surface area (Å²) < 4.78 is 4.86. The number of hydrogen-bond acceptors (Lipinski definition) is 7. The van der Waals surface area contributed by atoms with Crippen LogP contribution in [0.4, 0.5) is 0 Å². The van der Waals surface area contributed by atoms with Crippen LogP contribution in [0.2, 0.25) is 0 Å². The number of ether oxygens (including phenoxy) is 1. The van der Waals surface area contributed by atoms with E-state index in [0.29, 0.717) is 17.9 Å². The van der Waals surface area contributed by atoms with E-state index in [2.05, 4.69) is 5.32 Å².